The molecule has 5 atom stereocenters. The molecule has 2 fully saturated rings. The lowest BCUT2D eigenvalue weighted by atomic mass is 9.64. The number of benzene rings is 3. The first kappa shape index (κ1) is 36.0. The minimum absolute atomic E-state index is 0.0666. The summed E-state index contributed by atoms with van der Waals surface area (Å²) in [7, 11) is 0. The highest BCUT2D eigenvalue weighted by Crippen LogP contribution is 2.59. The average Bonchev–Trinajstić information content (AvgIpc) is 3.72. The number of nitrogens with zero attached hydrogens (tertiary/aromatic N) is 1. The van der Waals surface area contributed by atoms with Crippen LogP contribution in [0.25, 0.3) is 11.1 Å². The summed E-state index contributed by atoms with van der Waals surface area (Å²) in [6.45, 7) is 7.49. The maximum Gasteiger partial charge on any atom is 0.409 e. The fourth-order valence-corrected chi connectivity index (χ4v) is 8.57. The maximum atomic E-state index is 14.5. The van der Waals surface area contributed by atoms with E-state index in [-0.39, 0.29) is 31.0 Å². The van der Waals surface area contributed by atoms with E-state index < -0.39 is 23.2 Å². The molecule has 1 aliphatic heterocycles. The molecule has 2 N–H and O–H groups in total. The van der Waals surface area contributed by atoms with Crippen LogP contribution in [0, 0.1) is 5.41 Å². The van der Waals surface area contributed by atoms with Crippen molar-refractivity contribution in [3.63, 3.8) is 0 Å². The zero-order chi connectivity index (χ0) is 35.3. The molecule has 1 saturated carbocycles. The zero-order valence-corrected chi connectivity index (χ0v) is 29.9. The minimum Gasteiger partial charge on any atom is -0.450 e. The molecule has 0 spiro atoms. The molecule has 7 rings (SSSR count). The average molecular weight is 680 g/mol. The Kier molecular flexibility index (Phi) is 11.3. The molecule has 1 heterocycles. The Hall–Kier alpha value is -3.78. The maximum absolute atomic E-state index is 14.5. The van der Waals surface area contributed by atoms with Gasteiger partial charge in [-0.15, -0.1) is 0 Å². The molecule has 266 valence electrons. The van der Waals surface area contributed by atoms with Crippen LogP contribution in [0.15, 0.2) is 84.4 Å². The van der Waals surface area contributed by atoms with Crippen molar-refractivity contribution in [2.75, 3.05) is 26.3 Å². The summed E-state index contributed by atoms with van der Waals surface area (Å²) >= 11 is 0. The smallest absolute Gasteiger partial charge is 0.409 e. The first-order chi connectivity index (χ1) is 24.1. The third-order valence-electron chi connectivity index (χ3n) is 11.6. The minimum atomic E-state index is -1.23. The molecule has 4 aliphatic rings. The number of hydrogen-bond acceptors (Lipinski definition) is 6. The van der Waals surface area contributed by atoms with E-state index in [4.69, 9.17) is 9.47 Å². The van der Waals surface area contributed by atoms with E-state index in [9.17, 15) is 19.8 Å². The van der Waals surface area contributed by atoms with Gasteiger partial charge in [0.1, 0.15) is 0 Å². The summed E-state index contributed by atoms with van der Waals surface area (Å²) in [6.07, 6.45) is 7.47. The quantitative estimate of drug-likeness (QED) is 0.184. The van der Waals surface area contributed by atoms with Crippen LogP contribution in [0.1, 0.15) is 105 Å². The first-order valence-corrected chi connectivity index (χ1v) is 18.5. The molecule has 50 heavy (non-hydrogen) atoms. The van der Waals surface area contributed by atoms with Crippen LogP contribution < -0.4 is 0 Å². The molecule has 7 heteroatoms. The van der Waals surface area contributed by atoms with Crippen LogP contribution in [0.3, 0.4) is 0 Å². The third kappa shape index (κ3) is 7.75. The molecule has 0 radical (unpaired) electrons. The van der Waals surface area contributed by atoms with Gasteiger partial charge in [0.2, 0.25) is 0 Å². The number of aliphatic hydroxyl groups excluding tert-OH is 1. The summed E-state index contributed by atoms with van der Waals surface area (Å²) in [5.74, 6) is -0.208. The van der Waals surface area contributed by atoms with Crippen molar-refractivity contribution in [2.45, 2.75) is 102 Å². The van der Waals surface area contributed by atoms with Gasteiger partial charge in [-0.3, -0.25) is 4.79 Å². The van der Waals surface area contributed by atoms with E-state index in [0.717, 1.165) is 47.9 Å². The normalized spacial score (nSPS) is 26.9. The Balaban J connectivity index is 1.39. The molecule has 1 amide bonds. The molecule has 3 aromatic carbocycles. The second-order valence-electron chi connectivity index (χ2n) is 14.9. The van der Waals surface area contributed by atoms with Crippen molar-refractivity contribution in [3.8, 4) is 11.1 Å². The molecule has 3 aliphatic carbocycles. The number of hydrogen-bond donors (Lipinski definition) is 2. The number of aliphatic hydroxyl groups is 2. The molecule has 7 nitrogen and oxygen atoms in total. The summed E-state index contributed by atoms with van der Waals surface area (Å²) in [6, 6.07) is 24.0. The van der Waals surface area contributed by atoms with Crippen LogP contribution >= 0.6 is 0 Å². The van der Waals surface area contributed by atoms with E-state index >= 15 is 0 Å². The molecule has 0 unspecified atom stereocenters. The molecular formula is C43H53NO6. The highest BCUT2D eigenvalue weighted by atomic mass is 16.6. The van der Waals surface area contributed by atoms with Gasteiger partial charge in [-0.2, -0.15) is 0 Å². The Morgan fingerprint density at radius 3 is 2.46 bits per heavy atom. The number of fused-ring (bicyclic) bond motifs is 8. The Bertz CT molecular complexity index is 1660. The van der Waals surface area contributed by atoms with Crippen molar-refractivity contribution >= 4 is 11.9 Å². The Labute approximate surface area is 297 Å². The summed E-state index contributed by atoms with van der Waals surface area (Å²) < 4.78 is 11.4. The van der Waals surface area contributed by atoms with Crippen LogP contribution in [0.4, 0.5) is 4.79 Å². The summed E-state index contributed by atoms with van der Waals surface area (Å²) in [4.78, 5) is 29.5. The van der Waals surface area contributed by atoms with Gasteiger partial charge in [0.15, 0.2) is 5.78 Å². The highest BCUT2D eigenvalue weighted by Gasteiger charge is 2.58. The van der Waals surface area contributed by atoms with E-state index in [0.29, 0.717) is 56.4 Å². The summed E-state index contributed by atoms with van der Waals surface area (Å²) in [5, 5.41) is 23.8. The predicted octanol–water partition coefficient (Wildman–Crippen LogP) is 8.26. The number of rotatable bonds is 8. The Morgan fingerprint density at radius 1 is 0.980 bits per heavy atom. The van der Waals surface area contributed by atoms with Gasteiger partial charge >= 0.3 is 6.09 Å². The SMILES string of the molecule is CCOC(=O)N(C[C@H]1CCCO1)C[C@]1(O)CC[C@H]2c3ccc(cc3C(=O)c3ccc(-c4ccccc4)cc3)C[C@@H](O)CCC(C)=CCC[C@@]21C. The van der Waals surface area contributed by atoms with Crippen LogP contribution in [-0.4, -0.2) is 71.1 Å². The second-order valence-corrected chi connectivity index (χ2v) is 14.9. The molecule has 3 aromatic rings. The molecule has 0 aromatic heterocycles. The van der Waals surface area contributed by atoms with Crippen LogP contribution in [0.2, 0.25) is 0 Å². The van der Waals surface area contributed by atoms with Gasteiger partial charge in [-0.25, -0.2) is 4.79 Å². The topological polar surface area (TPSA) is 96.3 Å². The lowest BCUT2D eigenvalue weighted by molar-refractivity contribution is -0.0851. The highest BCUT2D eigenvalue weighted by molar-refractivity contribution is 6.10. The molecule has 2 bridgehead atoms. The number of ketones is 1. The van der Waals surface area contributed by atoms with E-state index in [1.54, 1.807) is 11.8 Å². The number of carbonyl (C=O) groups excluding carboxylic acids is 2. The predicted molar refractivity (Wildman–Crippen MR) is 196 cm³/mol. The zero-order valence-electron chi connectivity index (χ0n) is 29.9. The monoisotopic (exact) mass is 679 g/mol. The van der Waals surface area contributed by atoms with Crippen molar-refractivity contribution in [1.82, 2.24) is 4.90 Å². The largest absolute Gasteiger partial charge is 0.450 e. The van der Waals surface area contributed by atoms with Gasteiger partial charge < -0.3 is 24.6 Å². The number of ether oxygens (including phenoxy) is 2. The van der Waals surface area contributed by atoms with Gasteiger partial charge in [0.05, 0.1) is 37.5 Å². The van der Waals surface area contributed by atoms with E-state index in [1.807, 2.05) is 54.6 Å². The first-order valence-electron chi connectivity index (χ1n) is 18.5. The summed E-state index contributed by atoms with van der Waals surface area (Å²) in [5.41, 5.74) is 4.51. The molecule has 1 saturated heterocycles. The van der Waals surface area contributed by atoms with Gasteiger partial charge in [-0.1, -0.05) is 85.3 Å². The van der Waals surface area contributed by atoms with Gasteiger partial charge in [0.25, 0.3) is 0 Å². The van der Waals surface area contributed by atoms with Crippen molar-refractivity contribution in [2.24, 2.45) is 5.41 Å². The van der Waals surface area contributed by atoms with E-state index in [1.165, 1.54) is 5.57 Å². The van der Waals surface area contributed by atoms with E-state index in [2.05, 4.69) is 38.1 Å². The van der Waals surface area contributed by atoms with Crippen LogP contribution in [0.5, 0.6) is 0 Å². The number of carbonyl (C=O) groups is 2. The number of allylic oxidation sites excluding steroid dienone is 2. The van der Waals surface area contributed by atoms with Gasteiger partial charge in [-0.05, 0) is 106 Å². The fraction of sp³-hybridized carbons (Fsp3) is 0.488. The second kappa shape index (κ2) is 15.6. The van der Waals surface area contributed by atoms with Crippen molar-refractivity contribution < 1.29 is 29.3 Å². The lowest BCUT2D eigenvalue weighted by Crippen LogP contribution is -2.55. The third-order valence-corrected chi connectivity index (χ3v) is 11.6. The van der Waals surface area contributed by atoms with Crippen LogP contribution in [-0.2, 0) is 15.9 Å². The number of amides is 1. The standard InChI is InChI=1S/C43H53NO6/c1-4-49-41(47)44(28-36-13-9-25-50-36)29-43(48)24-22-39-37-21-15-31(26-35(45)20-14-30(2)10-8-23-42(39,43)3)27-38(37)40(46)34-18-16-33(17-19-34)32-11-6-5-7-12-32/h5-7,10-12,15-19,21,27,35-36,39,45,48H,4,8-9,13-14,20,22-26,28-29H2,1-3H3/t35-,36+,39-,42-,43+/m0/s1. The van der Waals surface area contributed by atoms with Crippen molar-refractivity contribution in [1.29, 1.82) is 0 Å². The Morgan fingerprint density at radius 2 is 1.74 bits per heavy atom. The van der Waals surface area contributed by atoms with Gasteiger partial charge in [0, 0.05) is 23.1 Å². The fourth-order valence-electron chi connectivity index (χ4n) is 8.57. The van der Waals surface area contributed by atoms with Crippen molar-refractivity contribution in [3.05, 3.63) is 107 Å². The molecular weight excluding hydrogens is 626 g/mol. The lowest BCUT2D eigenvalue weighted by Gasteiger charge is -2.46.